The van der Waals surface area contributed by atoms with Gasteiger partial charge in [0.05, 0.1) is 26.4 Å². The summed E-state index contributed by atoms with van der Waals surface area (Å²) in [7, 11) is 0. The molecule has 1 aliphatic rings. The lowest BCUT2D eigenvalue weighted by atomic mass is 9.84. The average Bonchev–Trinajstić information content (AvgIpc) is 2.92. The van der Waals surface area contributed by atoms with Gasteiger partial charge in [-0.25, -0.2) is 0 Å². The lowest BCUT2D eigenvalue weighted by molar-refractivity contribution is -0.269. The van der Waals surface area contributed by atoms with Crippen molar-refractivity contribution in [2.24, 2.45) is 0 Å². The average molecular weight is 491 g/mol. The predicted molar refractivity (Wildman–Crippen MR) is 137 cm³/mol. The summed E-state index contributed by atoms with van der Waals surface area (Å²) in [4.78, 5) is 0. The first-order chi connectivity index (χ1) is 17.7. The van der Waals surface area contributed by atoms with Gasteiger partial charge in [-0.15, -0.1) is 6.58 Å². The molecule has 1 fully saturated rings. The van der Waals surface area contributed by atoms with E-state index in [9.17, 15) is 10.2 Å². The first kappa shape index (κ1) is 26.2. The first-order valence-electron chi connectivity index (χ1n) is 12.2. The molecular formula is C30H34O6. The van der Waals surface area contributed by atoms with E-state index in [2.05, 4.69) is 6.58 Å². The van der Waals surface area contributed by atoms with Crippen LogP contribution in [0.15, 0.2) is 104 Å². The van der Waals surface area contributed by atoms with Crippen molar-refractivity contribution in [3.63, 3.8) is 0 Å². The Balaban J connectivity index is 1.57. The van der Waals surface area contributed by atoms with Gasteiger partial charge in [0.2, 0.25) is 0 Å². The van der Waals surface area contributed by atoms with Crippen molar-refractivity contribution >= 4 is 0 Å². The van der Waals surface area contributed by atoms with Crippen LogP contribution in [0.25, 0.3) is 0 Å². The van der Waals surface area contributed by atoms with E-state index < -0.39 is 36.6 Å². The Bertz CT molecular complexity index is 972. The molecule has 1 aliphatic carbocycles. The highest BCUT2D eigenvalue weighted by Crippen LogP contribution is 2.32. The fourth-order valence-electron chi connectivity index (χ4n) is 4.40. The summed E-state index contributed by atoms with van der Waals surface area (Å²) in [6, 6.07) is 29.1. The molecule has 0 saturated heterocycles. The zero-order chi connectivity index (χ0) is 25.2. The van der Waals surface area contributed by atoms with Gasteiger partial charge in [-0.05, 0) is 16.7 Å². The van der Waals surface area contributed by atoms with E-state index >= 15 is 0 Å². The molecule has 0 amide bonds. The standard InChI is InChI=1S/C30H34O6/c1-2-18-33-30-28(35-20-23-14-8-4-9-15-23)25(31)27(34-19-22-12-6-3-7-13-22)26(32)29(30)36-21-24-16-10-5-11-17-24/h2-17,25-32H,1,18-21H2/t25-,26+,27?,28-,29-,30?/m0/s1. The molecule has 6 heteroatoms. The summed E-state index contributed by atoms with van der Waals surface area (Å²) in [6.07, 6.45) is -3.92. The Morgan fingerprint density at radius 3 is 1.25 bits per heavy atom. The third-order valence-corrected chi connectivity index (χ3v) is 6.26. The lowest BCUT2D eigenvalue weighted by Gasteiger charge is -2.46. The topological polar surface area (TPSA) is 77.4 Å². The summed E-state index contributed by atoms with van der Waals surface area (Å²) in [6.45, 7) is 4.73. The normalized spacial score (nSPS) is 25.9. The van der Waals surface area contributed by atoms with Gasteiger partial charge >= 0.3 is 0 Å². The minimum atomic E-state index is -1.14. The molecule has 0 aliphatic heterocycles. The second-order valence-corrected chi connectivity index (χ2v) is 8.85. The second kappa shape index (κ2) is 13.5. The van der Waals surface area contributed by atoms with Crippen LogP contribution in [0.5, 0.6) is 0 Å². The summed E-state index contributed by atoms with van der Waals surface area (Å²) in [5, 5.41) is 22.7. The summed E-state index contributed by atoms with van der Waals surface area (Å²) in [5.41, 5.74) is 2.86. The van der Waals surface area contributed by atoms with Crippen LogP contribution in [0, 0.1) is 0 Å². The zero-order valence-corrected chi connectivity index (χ0v) is 20.3. The molecule has 2 N–H and O–H groups in total. The van der Waals surface area contributed by atoms with E-state index in [1.165, 1.54) is 0 Å². The molecule has 6 nitrogen and oxygen atoms in total. The molecule has 0 aromatic heterocycles. The van der Waals surface area contributed by atoms with Crippen molar-refractivity contribution in [2.45, 2.75) is 56.4 Å². The summed E-state index contributed by atoms with van der Waals surface area (Å²) < 4.78 is 24.6. The molecule has 0 heterocycles. The van der Waals surface area contributed by atoms with Crippen LogP contribution in [0.4, 0.5) is 0 Å². The van der Waals surface area contributed by atoms with E-state index in [0.717, 1.165) is 16.7 Å². The largest absolute Gasteiger partial charge is 0.387 e. The highest BCUT2D eigenvalue weighted by molar-refractivity contribution is 5.16. The molecule has 3 aromatic carbocycles. The van der Waals surface area contributed by atoms with Gasteiger partial charge in [0.1, 0.15) is 36.6 Å². The minimum absolute atomic E-state index is 0.218. The Morgan fingerprint density at radius 2 is 0.889 bits per heavy atom. The number of aliphatic hydroxyl groups is 2. The predicted octanol–water partition coefficient (Wildman–Crippen LogP) is 4.05. The van der Waals surface area contributed by atoms with E-state index in [1.807, 2.05) is 91.0 Å². The third-order valence-electron chi connectivity index (χ3n) is 6.26. The Hall–Kier alpha value is -2.84. The molecule has 2 unspecified atom stereocenters. The molecular weight excluding hydrogens is 456 g/mol. The van der Waals surface area contributed by atoms with Crippen molar-refractivity contribution in [1.82, 2.24) is 0 Å². The number of rotatable bonds is 12. The van der Waals surface area contributed by atoms with Crippen LogP contribution in [0.3, 0.4) is 0 Å². The third kappa shape index (κ3) is 6.89. The van der Waals surface area contributed by atoms with Gasteiger partial charge in [-0.2, -0.15) is 0 Å². The highest BCUT2D eigenvalue weighted by Gasteiger charge is 2.52. The highest BCUT2D eigenvalue weighted by atomic mass is 16.6. The number of ether oxygens (including phenoxy) is 4. The maximum atomic E-state index is 11.4. The smallest absolute Gasteiger partial charge is 0.115 e. The fourth-order valence-corrected chi connectivity index (χ4v) is 4.40. The summed E-state index contributed by atoms with van der Waals surface area (Å²) in [5.74, 6) is 0. The van der Waals surface area contributed by atoms with Crippen LogP contribution in [-0.2, 0) is 38.8 Å². The summed E-state index contributed by atoms with van der Waals surface area (Å²) >= 11 is 0. The molecule has 6 atom stereocenters. The fraction of sp³-hybridized carbons (Fsp3) is 0.333. The molecule has 36 heavy (non-hydrogen) atoms. The van der Waals surface area contributed by atoms with E-state index in [4.69, 9.17) is 18.9 Å². The number of benzene rings is 3. The molecule has 190 valence electrons. The maximum absolute atomic E-state index is 11.4. The zero-order valence-electron chi connectivity index (χ0n) is 20.3. The molecule has 3 aromatic rings. The first-order valence-corrected chi connectivity index (χ1v) is 12.2. The lowest BCUT2D eigenvalue weighted by Crippen LogP contribution is -2.66. The van der Waals surface area contributed by atoms with Crippen molar-refractivity contribution in [2.75, 3.05) is 6.61 Å². The molecule has 1 saturated carbocycles. The van der Waals surface area contributed by atoms with Crippen molar-refractivity contribution in [3.8, 4) is 0 Å². The second-order valence-electron chi connectivity index (χ2n) is 8.85. The van der Waals surface area contributed by atoms with Crippen molar-refractivity contribution in [3.05, 3.63) is 120 Å². The van der Waals surface area contributed by atoms with Gasteiger partial charge in [-0.3, -0.25) is 0 Å². The number of hydrogen-bond acceptors (Lipinski definition) is 6. The van der Waals surface area contributed by atoms with Gasteiger partial charge in [0.15, 0.2) is 0 Å². The number of aliphatic hydroxyl groups excluding tert-OH is 2. The SMILES string of the molecule is C=CCOC1[C@@H](OCc2ccccc2)[C@H](O)C(OCc2ccccc2)[C@H](O)[C@@H]1OCc1ccccc1. The Kier molecular flexibility index (Phi) is 9.81. The van der Waals surface area contributed by atoms with Gasteiger partial charge in [0, 0.05) is 0 Å². The van der Waals surface area contributed by atoms with Crippen LogP contribution >= 0.6 is 0 Å². The minimum Gasteiger partial charge on any atom is -0.387 e. The van der Waals surface area contributed by atoms with E-state index in [1.54, 1.807) is 6.08 Å². The molecule has 0 spiro atoms. The van der Waals surface area contributed by atoms with E-state index in [-0.39, 0.29) is 26.4 Å². The van der Waals surface area contributed by atoms with Crippen LogP contribution in [-0.4, -0.2) is 53.4 Å². The van der Waals surface area contributed by atoms with Crippen molar-refractivity contribution < 1.29 is 29.2 Å². The van der Waals surface area contributed by atoms with E-state index in [0.29, 0.717) is 0 Å². The van der Waals surface area contributed by atoms with Gasteiger partial charge in [-0.1, -0.05) is 97.1 Å². The molecule has 0 bridgehead atoms. The maximum Gasteiger partial charge on any atom is 0.115 e. The van der Waals surface area contributed by atoms with Crippen LogP contribution < -0.4 is 0 Å². The number of hydrogen-bond donors (Lipinski definition) is 2. The monoisotopic (exact) mass is 490 g/mol. The quantitative estimate of drug-likeness (QED) is 0.373. The van der Waals surface area contributed by atoms with Crippen LogP contribution in [0.2, 0.25) is 0 Å². The van der Waals surface area contributed by atoms with Gasteiger partial charge < -0.3 is 29.2 Å². The van der Waals surface area contributed by atoms with Gasteiger partial charge in [0.25, 0.3) is 0 Å². The molecule has 0 radical (unpaired) electrons. The van der Waals surface area contributed by atoms with Crippen molar-refractivity contribution in [1.29, 1.82) is 0 Å². The Labute approximate surface area is 212 Å². The Morgan fingerprint density at radius 1 is 0.528 bits per heavy atom. The molecule has 4 rings (SSSR count). The van der Waals surface area contributed by atoms with Crippen LogP contribution in [0.1, 0.15) is 16.7 Å².